The first-order valence-electron chi connectivity index (χ1n) is 7.62. The van der Waals surface area contributed by atoms with Gasteiger partial charge in [-0.3, -0.25) is 9.59 Å². The average molecular weight is 349 g/mol. The van der Waals surface area contributed by atoms with Crippen molar-refractivity contribution in [2.75, 3.05) is 18.4 Å². The van der Waals surface area contributed by atoms with E-state index in [-0.39, 0.29) is 0 Å². The number of nitrogens with zero attached hydrogens (tertiary/aromatic N) is 3. The molecule has 1 saturated heterocycles. The molecule has 3 rings (SSSR count). The van der Waals surface area contributed by atoms with Crippen LogP contribution in [0, 0.1) is 0 Å². The van der Waals surface area contributed by atoms with Crippen molar-refractivity contribution in [2.45, 2.75) is 18.9 Å². The third kappa shape index (κ3) is 3.58. The van der Waals surface area contributed by atoms with Crippen molar-refractivity contribution >= 4 is 29.1 Å². The van der Waals surface area contributed by atoms with Crippen LogP contribution in [-0.4, -0.2) is 50.8 Å². The van der Waals surface area contributed by atoms with E-state index in [0.717, 1.165) is 0 Å². The number of likely N-dealkylation sites (tertiary alicyclic amines) is 1. The molecule has 7 nitrogen and oxygen atoms in total. The number of hydrogen-bond acceptors (Lipinski definition) is 4. The maximum Gasteiger partial charge on any atom is 0.313 e. The number of anilines is 1. The first-order valence-corrected chi connectivity index (χ1v) is 8.00. The van der Waals surface area contributed by atoms with E-state index in [1.54, 1.807) is 41.3 Å². The minimum atomic E-state index is -0.714. The number of piperidine rings is 1. The van der Waals surface area contributed by atoms with E-state index in [9.17, 15) is 14.7 Å². The number of aromatic nitrogens is 2. The summed E-state index contributed by atoms with van der Waals surface area (Å²) in [7, 11) is 0. The fourth-order valence-electron chi connectivity index (χ4n) is 2.58. The standard InChI is InChI=1S/C16H17ClN4O3/c17-13-10-11(2-3-14(13)21-7-1-6-18-21)19-15(23)16(24)20-8-4-12(22)5-9-20/h1-3,6-7,10,12,22H,4-5,8-9H2,(H,19,23). The Kier molecular flexibility index (Phi) is 4.82. The molecule has 1 aliphatic rings. The molecule has 1 aliphatic heterocycles. The number of aliphatic hydroxyl groups is 1. The minimum absolute atomic E-state index is 0.381. The van der Waals surface area contributed by atoms with Crippen LogP contribution in [0.25, 0.3) is 5.69 Å². The summed E-state index contributed by atoms with van der Waals surface area (Å²) in [6, 6.07) is 6.73. The number of halogens is 1. The Bertz CT molecular complexity index is 740. The van der Waals surface area contributed by atoms with Gasteiger partial charge in [-0.2, -0.15) is 5.10 Å². The van der Waals surface area contributed by atoms with Gasteiger partial charge in [-0.05, 0) is 37.1 Å². The van der Waals surface area contributed by atoms with E-state index in [2.05, 4.69) is 10.4 Å². The van der Waals surface area contributed by atoms with Crippen LogP contribution in [0.3, 0.4) is 0 Å². The summed E-state index contributed by atoms with van der Waals surface area (Å²) in [5, 5.41) is 16.5. The fraction of sp³-hybridized carbons (Fsp3) is 0.312. The molecule has 0 atom stereocenters. The summed E-state index contributed by atoms with van der Waals surface area (Å²) in [5.41, 5.74) is 1.11. The Hall–Kier alpha value is -2.38. The van der Waals surface area contributed by atoms with Gasteiger partial charge in [0.1, 0.15) is 0 Å². The third-order valence-corrected chi connectivity index (χ3v) is 4.21. The van der Waals surface area contributed by atoms with E-state index in [1.807, 2.05) is 0 Å². The quantitative estimate of drug-likeness (QED) is 0.804. The van der Waals surface area contributed by atoms with Crippen molar-refractivity contribution in [1.29, 1.82) is 0 Å². The number of carbonyl (C=O) groups excluding carboxylic acids is 2. The number of nitrogens with one attached hydrogen (secondary N) is 1. The van der Waals surface area contributed by atoms with Crippen molar-refractivity contribution in [2.24, 2.45) is 0 Å². The molecule has 1 aromatic heterocycles. The molecule has 0 unspecified atom stereocenters. The molecule has 2 N–H and O–H groups in total. The maximum absolute atomic E-state index is 12.1. The molecule has 126 valence electrons. The lowest BCUT2D eigenvalue weighted by molar-refractivity contribution is -0.144. The van der Waals surface area contributed by atoms with Crippen LogP contribution in [0.2, 0.25) is 5.02 Å². The van der Waals surface area contributed by atoms with Gasteiger partial charge in [0, 0.05) is 31.2 Å². The minimum Gasteiger partial charge on any atom is -0.393 e. The van der Waals surface area contributed by atoms with Gasteiger partial charge in [-0.15, -0.1) is 0 Å². The van der Waals surface area contributed by atoms with Crippen LogP contribution in [-0.2, 0) is 9.59 Å². The summed E-state index contributed by atoms with van der Waals surface area (Å²) in [5.74, 6) is -1.32. The lowest BCUT2D eigenvalue weighted by Crippen LogP contribution is -2.45. The molecule has 0 saturated carbocycles. The van der Waals surface area contributed by atoms with Crippen molar-refractivity contribution in [3.63, 3.8) is 0 Å². The smallest absolute Gasteiger partial charge is 0.313 e. The highest BCUT2D eigenvalue weighted by Gasteiger charge is 2.26. The number of rotatable bonds is 2. The van der Waals surface area contributed by atoms with Crippen LogP contribution < -0.4 is 5.32 Å². The molecule has 24 heavy (non-hydrogen) atoms. The summed E-state index contributed by atoms with van der Waals surface area (Å²) >= 11 is 6.21. The molecule has 1 aromatic carbocycles. The largest absolute Gasteiger partial charge is 0.393 e. The molecular weight excluding hydrogens is 332 g/mol. The summed E-state index contributed by atoms with van der Waals surface area (Å²) < 4.78 is 1.61. The Morgan fingerprint density at radius 3 is 2.67 bits per heavy atom. The molecular formula is C16H17ClN4O3. The molecule has 2 amide bonds. The first-order chi connectivity index (χ1) is 11.5. The van der Waals surface area contributed by atoms with Crippen molar-refractivity contribution in [3.8, 4) is 5.69 Å². The number of benzene rings is 1. The molecule has 1 fully saturated rings. The van der Waals surface area contributed by atoms with Crippen LogP contribution >= 0.6 is 11.6 Å². The van der Waals surface area contributed by atoms with Gasteiger partial charge in [0.2, 0.25) is 0 Å². The second-order valence-corrected chi connectivity index (χ2v) is 6.00. The van der Waals surface area contributed by atoms with E-state index in [4.69, 9.17) is 11.6 Å². The molecule has 0 bridgehead atoms. The molecule has 0 aliphatic carbocycles. The van der Waals surface area contributed by atoms with Gasteiger partial charge in [-0.25, -0.2) is 4.68 Å². The Labute approximate surface area is 143 Å². The average Bonchev–Trinajstić information content (AvgIpc) is 3.09. The van der Waals surface area contributed by atoms with E-state index < -0.39 is 17.9 Å². The predicted molar refractivity (Wildman–Crippen MR) is 89.0 cm³/mol. The van der Waals surface area contributed by atoms with Gasteiger partial charge in [0.25, 0.3) is 0 Å². The highest BCUT2D eigenvalue weighted by Crippen LogP contribution is 2.24. The van der Waals surface area contributed by atoms with Gasteiger partial charge < -0.3 is 15.3 Å². The van der Waals surface area contributed by atoms with Crippen LogP contribution in [0.15, 0.2) is 36.7 Å². The number of carbonyl (C=O) groups is 2. The summed E-state index contributed by atoms with van der Waals surface area (Å²) in [6.45, 7) is 0.763. The predicted octanol–water partition coefficient (Wildman–Crippen LogP) is 1.45. The third-order valence-electron chi connectivity index (χ3n) is 3.90. The summed E-state index contributed by atoms with van der Waals surface area (Å²) in [4.78, 5) is 25.7. The second-order valence-electron chi connectivity index (χ2n) is 5.59. The van der Waals surface area contributed by atoms with Crippen molar-refractivity contribution in [1.82, 2.24) is 14.7 Å². The summed E-state index contributed by atoms with van der Waals surface area (Å²) in [6.07, 6.45) is 3.98. The van der Waals surface area contributed by atoms with Crippen LogP contribution in [0.4, 0.5) is 5.69 Å². The zero-order valence-electron chi connectivity index (χ0n) is 12.9. The zero-order valence-corrected chi connectivity index (χ0v) is 13.6. The number of hydrogen-bond donors (Lipinski definition) is 2. The highest BCUT2D eigenvalue weighted by atomic mass is 35.5. The van der Waals surface area contributed by atoms with Gasteiger partial charge in [0.15, 0.2) is 0 Å². The highest BCUT2D eigenvalue weighted by molar-refractivity contribution is 6.39. The second kappa shape index (κ2) is 7.02. The maximum atomic E-state index is 12.1. The molecule has 2 aromatic rings. The zero-order chi connectivity index (χ0) is 17.1. The lowest BCUT2D eigenvalue weighted by atomic mass is 10.1. The normalized spacial score (nSPS) is 15.3. The Morgan fingerprint density at radius 1 is 1.29 bits per heavy atom. The molecule has 0 spiro atoms. The molecule has 2 heterocycles. The Balaban J connectivity index is 1.66. The lowest BCUT2D eigenvalue weighted by Gasteiger charge is -2.28. The molecule has 8 heteroatoms. The number of amides is 2. The van der Waals surface area contributed by atoms with Crippen LogP contribution in [0.1, 0.15) is 12.8 Å². The Morgan fingerprint density at radius 2 is 2.04 bits per heavy atom. The van der Waals surface area contributed by atoms with E-state index >= 15 is 0 Å². The van der Waals surface area contributed by atoms with E-state index in [0.29, 0.717) is 42.3 Å². The molecule has 0 radical (unpaired) electrons. The van der Waals surface area contributed by atoms with Gasteiger partial charge in [0.05, 0.1) is 16.8 Å². The SMILES string of the molecule is O=C(Nc1ccc(-n2cccn2)c(Cl)c1)C(=O)N1CCC(O)CC1. The topological polar surface area (TPSA) is 87.5 Å². The first kappa shape index (κ1) is 16.5. The van der Waals surface area contributed by atoms with Gasteiger partial charge >= 0.3 is 11.8 Å². The van der Waals surface area contributed by atoms with Crippen molar-refractivity contribution < 1.29 is 14.7 Å². The fourth-order valence-corrected chi connectivity index (χ4v) is 2.85. The van der Waals surface area contributed by atoms with Crippen LogP contribution in [0.5, 0.6) is 0 Å². The monoisotopic (exact) mass is 348 g/mol. The van der Waals surface area contributed by atoms with Crippen molar-refractivity contribution in [3.05, 3.63) is 41.7 Å². The van der Waals surface area contributed by atoms with E-state index in [1.165, 1.54) is 4.90 Å². The van der Waals surface area contributed by atoms with Gasteiger partial charge in [-0.1, -0.05) is 11.6 Å². The number of aliphatic hydroxyl groups excluding tert-OH is 1.